The molecule has 1 aromatic rings. The number of rotatable bonds is 8. The van der Waals surface area contributed by atoms with Crippen LogP contribution in [0, 0.1) is 13.8 Å². The lowest BCUT2D eigenvalue weighted by Crippen LogP contribution is -2.52. The Morgan fingerprint density at radius 1 is 1.17 bits per heavy atom. The van der Waals surface area contributed by atoms with E-state index in [0.717, 1.165) is 12.1 Å². The van der Waals surface area contributed by atoms with Gasteiger partial charge in [-0.25, -0.2) is 9.97 Å². The highest BCUT2D eigenvalue weighted by molar-refractivity contribution is 6.29. The minimum absolute atomic E-state index is 0.0856. The number of morpholine rings is 1. The van der Waals surface area contributed by atoms with E-state index in [4.69, 9.17) is 37.4 Å². The van der Waals surface area contributed by atoms with Gasteiger partial charge < -0.3 is 24.8 Å². The fourth-order valence-electron chi connectivity index (χ4n) is 3.34. The van der Waals surface area contributed by atoms with Crippen LogP contribution in [0.5, 0.6) is 11.5 Å². The Kier molecular flexibility index (Phi) is 11.3. The SMILES string of the molecule is COc1cc(C)c(NC(/C=C(\C)Cl)=C/C=C(\C)Cl)ncnc(C)cc1OCC1CNCC(C)(C)O1. The van der Waals surface area contributed by atoms with Gasteiger partial charge in [-0.3, -0.25) is 0 Å². The molecule has 2 heterocycles. The Bertz CT molecular complexity index is 1030. The number of aryl methyl sites for hydroxylation is 2. The molecule has 0 aliphatic carbocycles. The number of hydrogen-bond acceptors (Lipinski definition) is 7. The Balaban J connectivity index is 2.47. The molecule has 2 N–H and O–H groups in total. The quantitative estimate of drug-likeness (QED) is 0.408. The van der Waals surface area contributed by atoms with E-state index in [1.807, 2.05) is 32.1 Å². The summed E-state index contributed by atoms with van der Waals surface area (Å²) in [6.45, 7) is 13.4. The van der Waals surface area contributed by atoms with E-state index in [0.29, 0.717) is 51.9 Å². The lowest BCUT2D eigenvalue weighted by molar-refractivity contribution is -0.107. The van der Waals surface area contributed by atoms with Crippen molar-refractivity contribution in [3.63, 3.8) is 0 Å². The molecule has 9 heteroatoms. The average molecular weight is 524 g/mol. The van der Waals surface area contributed by atoms with Crippen molar-refractivity contribution in [3.05, 3.63) is 63.7 Å². The summed E-state index contributed by atoms with van der Waals surface area (Å²) in [6, 6.07) is 3.69. The van der Waals surface area contributed by atoms with Crippen LogP contribution in [0.4, 0.5) is 5.82 Å². The highest BCUT2D eigenvalue weighted by Gasteiger charge is 2.28. The van der Waals surface area contributed by atoms with Crippen molar-refractivity contribution >= 4 is 29.0 Å². The maximum Gasteiger partial charge on any atom is 0.163 e. The van der Waals surface area contributed by atoms with Crippen molar-refractivity contribution in [2.45, 2.75) is 53.2 Å². The fourth-order valence-corrected chi connectivity index (χ4v) is 3.52. The molecule has 1 fully saturated rings. The highest BCUT2D eigenvalue weighted by atomic mass is 35.5. The largest absolute Gasteiger partial charge is 0.493 e. The first-order valence-electron chi connectivity index (χ1n) is 11.4. The Morgan fingerprint density at radius 3 is 2.54 bits per heavy atom. The number of nitrogens with one attached hydrogen (secondary N) is 2. The molecule has 0 aromatic carbocycles. The monoisotopic (exact) mass is 522 g/mol. The van der Waals surface area contributed by atoms with Gasteiger partial charge in [-0.1, -0.05) is 23.2 Å². The van der Waals surface area contributed by atoms with E-state index in [1.54, 1.807) is 33.1 Å². The third-order valence-corrected chi connectivity index (χ3v) is 5.15. The van der Waals surface area contributed by atoms with Crippen molar-refractivity contribution < 1.29 is 14.2 Å². The molecule has 0 amide bonds. The van der Waals surface area contributed by atoms with Crippen molar-refractivity contribution in [3.8, 4) is 11.5 Å². The first-order chi connectivity index (χ1) is 16.5. The highest BCUT2D eigenvalue weighted by Crippen LogP contribution is 2.28. The summed E-state index contributed by atoms with van der Waals surface area (Å²) in [5, 5.41) is 7.93. The number of nitrogens with zero attached hydrogens (tertiary/aromatic N) is 2. The standard InChI is InChI=1S/C26H36Cl2N4O3/c1-17-10-23(33-7)24(34-14-22-13-29-15-26(5,6)35-22)12-20(4)30-16-31-25(17)32-21(11-19(3)28)9-8-18(2)27/h8-12,16,22,29H,13-15H2,1-7H3,(H,30,31,32)/b18-8+,19-11+,21-9+. The van der Waals surface area contributed by atoms with E-state index < -0.39 is 0 Å². The molecule has 0 spiro atoms. The van der Waals surface area contributed by atoms with Gasteiger partial charge in [-0.05, 0) is 71.4 Å². The number of hydrogen-bond donors (Lipinski definition) is 2. The second kappa shape index (κ2) is 13.7. The van der Waals surface area contributed by atoms with E-state index in [-0.39, 0.29) is 11.7 Å². The van der Waals surface area contributed by atoms with Gasteiger partial charge in [0.1, 0.15) is 24.9 Å². The molecule has 1 aliphatic heterocycles. The second-order valence-corrected chi connectivity index (χ2v) is 10.1. The Labute approximate surface area is 218 Å². The lowest BCUT2D eigenvalue weighted by atomic mass is 10.1. The zero-order chi connectivity index (χ0) is 26.0. The van der Waals surface area contributed by atoms with Gasteiger partial charge in [-0.15, -0.1) is 0 Å². The van der Waals surface area contributed by atoms with Crippen LogP contribution < -0.4 is 20.1 Å². The molecular weight excluding hydrogens is 487 g/mol. The fraction of sp³-hybridized carbons (Fsp3) is 0.462. The molecule has 7 nitrogen and oxygen atoms in total. The van der Waals surface area contributed by atoms with Gasteiger partial charge in [0, 0.05) is 40.6 Å². The van der Waals surface area contributed by atoms with Crippen molar-refractivity contribution in [1.29, 1.82) is 0 Å². The van der Waals surface area contributed by atoms with Crippen LogP contribution in [0.15, 0.2) is 52.4 Å². The summed E-state index contributed by atoms with van der Waals surface area (Å²) in [4.78, 5) is 8.93. The molecule has 1 saturated heterocycles. The van der Waals surface area contributed by atoms with Crippen LogP contribution in [-0.4, -0.2) is 48.5 Å². The predicted molar refractivity (Wildman–Crippen MR) is 144 cm³/mol. The molecular formula is C26H36Cl2N4O3. The molecule has 0 saturated carbocycles. The normalized spacial score (nSPS) is 18.5. The zero-order valence-corrected chi connectivity index (χ0v) is 23.0. The lowest BCUT2D eigenvalue weighted by Gasteiger charge is -2.36. The van der Waals surface area contributed by atoms with Gasteiger partial charge in [0.15, 0.2) is 11.5 Å². The van der Waals surface area contributed by atoms with Crippen LogP contribution >= 0.6 is 23.2 Å². The maximum absolute atomic E-state index is 6.18. The van der Waals surface area contributed by atoms with Gasteiger partial charge in [-0.2, -0.15) is 0 Å². The maximum atomic E-state index is 6.18. The number of aromatic nitrogens is 2. The summed E-state index contributed by atoms with van der Waals surface area (Å²) < 4.78 is 18.0. The molecule has 0 radical (unpaired) electrons. The van der Waals surface area contributed by atoms with Crippen LogP contribution in [0.25, 0.3) is 0 Å². The average Bonchev–Trinajstić information content (AvgIpc) is 2.76. The summed E-state index contributed by atoms with van der Waals surface area (Å²) >= 11 is 12.1. The van der Waals surface area contributed by atoms with Gasteiger partial charge in [0.2, 0.25) is 0 Å². The van der Waals surface area contributed by atoms with E-state index >= 15 is 0 Å². The third kappa shape index (κ3) is 10.4. The Hall–Kier alpha value is -2.32. The second-order valence-electron chi connectivity index (χ2n) is 8.94. The number of ether oxygens (including phenoxy) is 3. The van der Waals surface area contributed by atoms with Crippen LogP contribution in [0.1, 0.15) is 39.0 Å². The topological polar surface area (TPSA) is 77.5 Å². The van der Waals surface area contributed by atoms with Gasteiger partial charge >= 0.3 is 0 Å². The van der Waals surface area contributed by atoms with E-state index in [9.17, 15) is 0 Å². The first kappa shape index (κ1) is 28.9. The minimum atomic E-state index is -0.247. The molecule has 192 valence electrons. The summed E-state index contributed by atoms with van der Waals surface area (Å²) in [5.74, 6) is 1.67. The number of halogens is 2. The van der Waals surface area contributed by atoms with Crippen molar-refractivity contribution in [2.24, 2.45) is 0 Å². The van der Waals surface area contributed by atoms with Crippen molar-refractivity contribution in [1.82, 2.24) is 15.3 Å². The molecule has 35 heavy (non-hydrogen) atoms. The molecule has 1 atom stereocenters. The van der Waals surface area contributed by atoms with Crippen molar-refractivity contribution in [2.75, 3.05) is 32.1 Å². The van der Waals surface area contributed by atoms with Gasteiger partial charge in [0.25, 0.3) is 0 Å². The smallest absolute Gasteiger partial charge is 0.163 e. The predicted octanol–water partition coefficient (Wildman–Crippen LogP) is 5.95. The molecule has 1 aliphatic rings. The van der Waals surface area contributed by atoms with Crippen LogP contribution in [0.3, 0.4) is 0 Å². The molecule has 0 bridgehead atoms. The summed E-state index contributed by atoms with van der Waals surface area (Å²) in [5.41, 5.74) is 1.98. The first-order valence-corrected chi connectivity index (χ1v) is 12.2. The molecule has 2 rings (SSSR count). The van der Waals surface area contributed by atoms with Crippen LogP contribution in [0.2, 0.25) is 0 Å². The number of allylic oxidation sites excluding steroid dienone is 5. The summed E-state index contributed by atoms with van der Waals surface area (Å²) in [6.07, 6.45) is 6.80. The van der Waals surface area contributed by atoms with Crippen LogP contribution in [-0.2, 0) is 4.74 Å². The minimum Gasteiger partial charge on any atom is -0.493 e. The van der Waals surface area contributed by atoms with E-state index in [1.165, 1.54) is 6.33 Å². The Morgan fingerprint density at radius 2 is 1.91 bits per heavy atom. The number of methoxy groups -OCH3 is 1. The number of anilines is 1. The summed E-state index contributed by atoms with van der Waals surface area (Å²) in [7, 11) is 1.60. The van der Waals surface area contributed by atoms with E-state index in [2.05, 4.69) is 34.4 Å². The molecule has 1 aromatic heterocycles. The zero-order valence-electron chi connectivity index (χ0n) is 21.5. The van der Waals surface area contributed by atoms with Gasteiger partial charge in [0.05, 0.1) is 12.7 Å². The third-order valence-electron chi connectivity index (χ3n) is 4.91. The molecule has 1 unspecified atom stereocenters.